The van der Waals surface area contributed by atoms with Gasteiger partial charge in [-0.1, -0.05) is 0 Å². The number of hydrogen-bond acceptors (Lipinski definition) is 3. The fourth-order valence-electron chi connectivity index (χ4n) is 1.73. The van der Waals surface area contributed by atoms with Crippen LogP contribution in [-0.4, -0.2) is 18.3 Å². The van der Waals surface area contributed by atoms with Crippen molar-refractivity contribution in [1.29, 1.82) is 5.26 Å². The molecule has 4 heteroatoms. The highest BCUT2D eigenvalue weighted by Gasteiger charge is 2.59. The molecular formula is C10H16BNO2. The highest BCUT2D eigenvalue weighted by atomic mass is 16.7. The lowest BCUT2D eigenvalue weighted by atomic mass is 9.81. The van der Waals surface area contributed by atoms with Crippen LogP contribution in [0.5, 0.6) is 0 Å². The van der Waals surface area contributed by atoms with Crippen molar-refractivity contribution in [3.63, 3.8) is 0 Å². The molecule has 0 radical (unpaired) electrons. The van der Waals surface area contributed by atoms with Gasteiger partial charge in [0, 0.05) is 11.7 Å². The van der Waals surface area contributed by atoms with E-state index in [9.17, 15) is 0 Å². The van der Waals surface area contributed by atoms with Crippen LogP contribution in [0, 0.1) is 17.2 Å². The van der Waals surface area contributed by atoms with Gasteiger partial charge in [0.25, 0.3) is 0 Å². The van der Waals surface area contributed by atoms with Gasteiger partial charge in [-0.15, -0.1) is 0 Å². The topological polar surface area (TPSA) is 42.2 Å². The van der Waals surface area contributed by atoms with Crippen molar-refractivity contribution >= 4 is 7.12 Å². The van der Waals surface area contributed by atoms with Crippen LogP contribution >= 0.6 is 0 Å². The first-order valence-corrected chi connectivity index (χ1v) is 5.13. The highest BCUT2D eigenvalue weighted by Crippen LogP contribution is 2.52. The minimum absolute atomic E-state index is 0.143. The van der Waals surface area contributed by atoms with Crippen molar-refractivity contribution in [3.8, 4) is 6.07 Å². The fourth-order valence-corrected chi connectivity index (χ4v) is 1.73. The number of nitriles is 1. The molecule has 14 heavy (non-hydrogen) atoms. The molecular weight excluding hydrogens is 177 g/mol. The van der Waals surface area contributed by atoms with Crippen LogP contribution in [0.1, 0.15) is 34.1 Å². The zero-order valence-electron chi connectivity index (χ0n) is 9.20. The summed E-state index contributed by atoms with van der Waals surface area (Å²) in [5.41, 5.74) is -0.527. The summed E-state index contributed by atoms with van der Waals surface area (Å²) in [4.78, 5) is 0. The average molecular weight is 193 g/mol. The summed E-state index contributed by atoms with van der Waals surface area (Å²) in [7, 11) is -0.176. The van der Waals surface area contributed by atoms with Crippen molar-refractivity contribution in [1.82, 2.24) is 0 Å². The molecule has 0 amide bonds. The third-order valence-corrected chi connectivity index (χ3v) is 3.63. The van der Waals surface area contributed by atoms with Gasteiger partial charge in [-0.3, -0.25) is 0 Å². The molecule has 2 aliphatic rings. The molecule has 1 aliphatic carbocycles. The normalized spacial score (nSPS) is 38.1. The number of nitrogens with zero attached hydrogens (tertiary/aromatic N) is 1. The van der Waals surface area contributed by atoms with Crippen LogP contribution in [0.15, 0.2) is 0 Å². The number of hydrogen-bond donors (Lipinski definition) is 0. The van der Waals surface area contributed by atoms with Gasteiger partial charge in [-0.25, -0.2) is 0 Å². The van der Waals surface area contributed by atoms with Crippen LogP contribution in [0.4, 0.5) is 0 Å². The molecule has 76 valence electrons. The van der Waals surface area contributed by atoms with Gasteiger partial charge in [0.05, 0.1) is 17.3 Å². The van der Waals surface area contributed by atoms with Crippen molar-refractivity contribution < 1.29 is 9.31 Å². The minimum Gasteiger partial charge on any atom is -0.403 e. The zero-order valence-corrected chi connectivity index (χ0v) is 9.20. The molecule has 0 N–H and O–H groups in total. The largest absolute Gasteiger partial charge is 0.462 e. The summed E-state index contributed by atoms with van der Waals surface area (Å²) < 4.78 is 11.7. The lowest BCUT2D eigenvalue weighted by Crippen LogP contribution is -2.41. The van der Waals surface area contributed by atoms with E-state index in [2.05, 4.69) is 6.07 Å². The maximum absolute atomic E-state index is 8.74. The van der Waals surface area contributed by atoms with Gasteiger partial charge in [-0.05, 0) is 34.1 Å². The second kappa shape index (κ2) is 2.74. The van der Waals surface area contributed by atoms with Crippen molar-refractivity contribution in [2.75, 3.05) is 0 Å². The van der Waals surface area contributed by atoms with Gasteiger partial charge in [0.2, 0.25) is 0 Å². The molecule has 0 bridgehead atoms. The van der Waals surface area contributed by atoms with Gasteiger partial charge in [0.1, 0.15) is 0 Å². The Bertz CT molecular complexity index is 279. The molecule has 1 saturated carbocycles. The van der Waals surface area contributed by atoms with E-state index in [0.717, 1.165) is 6.42 Å². The lowest BCUT2D eigenvalue weighted by Gasteiger charge is -2.32. The molecule has 0 aromatic heterocycles. The standard InChI is InChI=1S/C10H16BNO2/c1-9(2)10(3,4)14-11(13-9)8-5-7(8)6-12/h7-8H,5H2,1-4H3/t7-,8+/m1/s1. The smallest absolute Gasteiger partial charge is 0.403 e. The van der Waals surface area contributed by atoms with E-state index in [-0.39, 0.29) is 24.2 Å². The van der Waals surface area contributed by atoms with Crippen molar-refractivity contribution in [3.05, 3.63) is 0 Å². The summed E-state index contributed by atoms with van der Waals surface area (Å²) in [6.07, 6.45) is 0.924. The van der Waals surface area contributed by atoms with E-state index in [0.29, 0.717) is 5.82 Å². The molecule has 0 unspecified atom stereocenters. The molecule has 0 aromatic carbocycles. The predicted molar refractivity (Wildman–Crippen MR) is 53.6 cm³/mol. The Morgan fingerprint density at radius 1 is 1.21 bits per heavy atom. The SMILES string of the molecule is CC1(C)OB([C@H]2C[C@@H]2C#N)OC1(C)C. The monoisotopic (exact) mass is 193 g/mol. The summed E-state index contributed by atoms with van der Waals surface area (Å²) in [6, 6.07) is 2.26. The first-order chi connectivity index (χ1) is 6.37. The molecule has 2 atom stereocenters. The van der Waals surface area contributed by atoms with E-state index in [1.54, 1.807) is 0 Å². The maximum Gasteiger partial charge on any atom is 0.462 e. The van der Waals surface area contributed by atoms with Crippen LogP contribution < -0.4 is 0 Å². The van der Waals surface area contributed by atoms with Gasteiger partial charge in [-0.2, -0.15) is 5.26 Å². The summed E-state index contributed by atoms with van der Waals surface area (Å²) in [6.45, 7) is 8.15. The van der Waals surface area contributed by atoms with Crippen LogP contribution in [0.25, 0.3) is 0 Å². The molecule has 3 nitrogen and oxygen atoms in total. The molecule has 0 aromatic rings. The number of rotatable bonds is 1. The maximum atomic E-state index is 8.74. The average Bonchev–Trinajstić information content (AvgIpc) is 2.75. The summed E-state index contributed by atoms with van der Waals surface area (Å²) in [5, 5.41) is 8.74. The van der Waals surface area contributed by atoms with Crippen molar-refractivity contribution in [2.24, 2.45) is 5.92 Å². The van der Waals surface area contributed by atoms with Crippen molar-refractivity contribution in [2.45, 2.75) is 51.1 Å². The Labute approximate surface area is 85.5 Å². The minimum atomic E-state index is -0.264. The Morgan fingerprint density at radius 3 is 2.07 bits per heavy atom. The first-order valence-electron chi connectivity index (χ1n) is 5.13. The fraction of sp³-hybridized carbons (Fsp3) is 0.900. The lowest BCUT2D eigenvalue weighted by molar-refractivity contribution is 0.00578. The second-order valence-corrected chi connectivity index (χ2v) is 5.26. The van der Waals surface area contributed by atoms with E-state index < -0.39 is 0 Å². The Kier molecular flexibility index (Phi) is 1.96. The molecule has 0 spiro atoms. The molecule has 2 fully saturated rings. The van der Waals surface area contributed by atoms with E-state index >= 15 is 0 Å². The molecule has 1 aliphatic heterocycles. The Hall–Kier alpha value is -0.525. The zero-order chi connectivity index (χ0) is 10.6. The Morgan fingerprint density at radius 2 is 1.71 bits per heavy atom. The second-order valence-electron chi connectivity index (χ2n) is 5.26. The first kappa shape index (κ1) is 10.0. The summed E-state index contributed by atoms with van der Waals surface area (Å²) >= 11 is 0. The third-order valence-electron chi connectivity index (χ3n) is 3.63. The van der Waals surface area contributed by atoms with E-state index in [1.807, 2.05) is 27.7 Å². The van der Waals surface area contributed by atoms with E-state index in [1.165, 1.54) is 0 Å². The molecule has 1 heterocycles. The van der Waals surface area contributed by atoms with Gasteiger partial charge in [0.15, 0.2) is 0 Å². The molecule has 1 saturated heterocycles. The third kappa shape index (κ3) is 1.36. The van der Waals surface area contributed by atoms with E-state index in [4.69, 9.17) is 14.6 Å². The highest BCUT2D eigenvalue weighted by molar-refractivity contribution is 6.48. The van der Waals surface area contributed by atoms with Crippen LogP contribution in [0.2, 0.25) is 5.82 Å². The van der Waals surface area contributed by atoms with Crippen LogP contribution in [0.3, 0.4) is 0 Å². The Balaban J connectivity index is 2.05. The summed E-state index contributed by atoms with van der Waals surface area (Å²) in [5.74, 6) is 0.436. The molecule has 2 rings (SSSR count). The van der Waals surface area contributed by atoms with Crippen LogP contribution in [-0.2, 0) is 9.31 Å². The van der Waals surface area contributed by atoms with Gasteiger partial charge >= 0.3 is 7.12 Å². The van der Waals surface area contributed by atoms with Gasteiger partial charge < -0.3 is 9.31 Å². The predicted octanol–water partition coefficient (Wildman–Crippen LogP) is 1.99. The quantitative estimate of drug-likeness (QED) is 0.598.